The van der Waals surface area contributed by atoms with Crippen molar-refractivity contribution in [2.75, 3.05) is 19.9 Å². The Morgan fingerprint density at radius 2 is 1.84 bits per heavy atom. The van der Waals surface area contributed by atoms with E-state index >= 15 is 0 Å². The Morgan fingerprint density at radius 1 is 1.16 bits per heavy atom. The molecule has 134 valence electrons. The third kappa shape index (κ3) is 4.20. The summed E-state index contributed by atoms with van der Waals surface area (Å²) in [6.45, 7) is 3.86. The van der Waals surface area contributed by atoms with Gasteiger partial charge in [-0.15, -0.1) is 0 Å². The Hall–Kier alpha value is -2.34. The first-order valence-electron chi connectivity index (χ1n) is 8.01. The van der Waals surface area contributed by atoms with Crippen molar-refractivity contribution in [1.82, 2.24) is 4.90 Å². The van der Waals surface area contributed by atoms with E-state index < -0.39 is 9.84 Å². The van der Waals surface area contributed by atoms with Crippen LogP contribution in [0.1, 0.15) is 28.4 Å². The highest BCUT2D eigenvalue weighted by Gasteiger charge is 2.23. The molecule has 5 nitrogen and oxygen atoms in total. The number of aryl methyl sites for hydroxylation is 1. The first kappa shape index (κ1) is 19.0. The highest BCUT2D eigenvalue weighted by molar-refractivity contribution is 7.91. The molecule has 0 saturated carbocycles. The van der Waals surface area contributed by atoms with Crippen LogP contribution in [0.2, 0.25) is 0 Å². The monoisotopic (exact) mass is 361 g/mol. The van der Waals surface area contributed by atoms with Gasteiger partial charge in [-0.05, 0) is 25.1 Å². The normalized spacial score (nSPS) is 11.2. The second-order valence-electron chi connectivity index (χ2n) is 5.88. The molecule has 0 aliphatic heterocycles. The van der Waals surface area contributed by atoms with Crippen molar-refractivity contribution in [2.24, 2.45) is 0 Å². The Morgan fingerprint density at radius 3 is 2.48 bits per heavy atom. The van der Waals surface area contributed by atoms with Gasteiger partial charge in [0.15, 0.2) is 9.84 Å². The molecule has 6 heteroatoms. The topological polar surface area (TPSA) is 63.7 Å². The number of carbonyl (C=O) groups excluding carboxylic acids is 1. The zero-order chi connectivity index (χ0) is 18.6. The maximum atomic E-state index is 12.8. The zero-order valence-corrected chi connectivity index (χ0v) is 15.8. The third-order valence-electron chi connectivity index (χ3n) is 4.02. The molecule has 0 aromatic heterocycles. The molecule has 2 aromatic rings. The number of benzene rings is 2. The molecule has 0 atom stereocenters. The number of carbonyl (C=O) groups is 1. The molecule has 25 heavy (non-hydrogen) atoms. The van der Waals surface area contributed by atoms with Crippen LogP contribution in [0.25, 0.3) is 0 Å². The summed E-state index contributed by atoms with van der Waals surface area (Å²) in [6, 6.07) is 12.1. The SMILES string of the molecule is CCS(=O)(=O)c1ccccc1C(=O)N(C)Cc1cc(C)ccc1OC. The molecule has 0 bridgehead atoms. The van der Waals surface area contributed by atoms with E-state index in [0.717, 1.165) is 11.1 Å². The smallest absolute Gasteiger partial charge is 0.255 e. The van der Waals surface area contributed by atoms with Crippen LogP contribution in [0.3, 0.4) is 0 Å². The van der Waals surface area contributed by atoms with E-state index in [0.29, 0.717) is 12.3 Å². The number of hydrogen-bond acceptors (Lipinski definition) is 4. The van der Waals surface area contributed by atoms with Gasteiger partial charge in [-0.25, -0.2) is 8.42 Å². The fourth-order valence-corrected chi connectivity index (χ4v) is 3.72. The van der Waals surface area contributed by atoms with Gasteiger partial charge in [-0.3, -0.25) is 4.79 Å². The number of rotatable bonds is 6. The summed E-state index contributed by atoms with van der Waals surface area (Å²) in [5, 5.41) is 0. The van der Waals surface area contributed by atoms with Crippen molar-refractivity contribution in [3.05, 3.63) is 59.2 Å². The molecule has 2 aromatic carbocycles. The summed E-state index contributed by atoms with van der Waals surface area (Å²) in [5.41, 5.74) is 2.12. The third-order valence-corrected chi connectivity index (χ3v) is 5.81. The standard InChI is InChI=1S/C19H23NO4S/c1-5-25(22,23)18-9-7-6-8-16(18)19(21)20(3)13-15-12-14(2)10-11-17(15)24-4/h6-12H,5,13H2,1-4H3. The van der Waals surface area contributed by atoms with Crippen molar-refractivity contribution in [3.63, 3.8) is 0 Å². The maximum Gasteiger partial charge on any atom is 0.255 e. The van der Waals surface area contributed by atoms with E-state index in [1.54, 1.807) is 39.3 Å². The van der Waals surface area contributed by atoms with Crippen LogP contribution < -0.4 is 4.74 Å². The van der Waals surface area contributed by atoms with Crippen LogP contribution in [0.4, 0.5) is 0 Å². The minimum Gasteiger partial charge on any atom is -0.496 e. The number of hydrogen-bond donors (Lipinski definition) is 0. The number of sulfone groups is 1. The summed E-state index contributed by atoms with van der Waals surface area (Å²) in [4.78, 5) is 14.4. The molecular weight excluding hydrogens is 338 g/mol. The van der Waals surface area contributed by atoms with Crippen LogP contribution in [-0.4, -0.2) is 39.1 Å². The molecule has 2 rings (SSSR count). The van der Waals surface area contributed by atoms with Gasteiger partial charge in [0.25, 0.3) is 5.91 Å². The summed E-state index contributed by atoms with van der Waals surface area (Å²) in [6.07, 6.45) is 0. The number of ether oxygens (including phenoxy) is 1. The average molecular weight is 361 g/mol. The highest BCUT2D eigenvalue weighted by Crippen LogP contribution is 2.23. The summed E-state index contributed by atoms with van der Waals surface area (Å²) in [7, 11) is -0.237. The molecule has 0 heterocycles. The Labute approximate surface area is 149 Å². The van der Waals surface area contributed by atoms with Crippen molar-refractivity contribution < 1.29 is 17.9 Å². The van der Waals surface area contributed by atoms with Gasteiger partial charge in [0.1, 0.15) is 5.75 Å². The van der Waals surface area contributed by atoms with Gasteiger partial charge < -0.3 is 9.64 Å². The zero-order valence-electron chi connectivity index (χ0n) is 14.9. The highest BCUT2D eigenvalue weighted by atomic mass is 32.2. The summed E-state index contributed by atoms with van der Waals surface area (Å²) in [5.74, 6) is 0.308. The fourth-order valence-electron chi connectivity index (χ4n) is 2.63. The van der Waals surface area contributed by atoms with E-state index in [9.17, 15) is 13.2 Å². The second kappa shape index (κ2) is 7.70. The van der Waals surface area contributed by atoms with E-state index in [1.807, 2.05) is 25.1 Å². The molecule has 0 spiro atoms. The first-order valence-corrected chi connectivity index (χ1v) is 9.66. The number of methoxy groups -OCH3 is 1. The number of amides is 1. The van der Waals surface area contributed by atoms with Crippen molar-refractivity contribution in [1.29, 1.82) is 0 Å². The van der Waals surface area contributed by atoms with Gasteiger partial charge >= 0.3 is 0 Å². The largest absolute Gasteiger partial charge is 0.496 e. The molecule has 0 saturated heterocycles. The Bertz CT molecular complexity index is 875. The minimum absolute atomic E-state index is 0.0489. The van der Waals surface area contributed by atoms with Gasteiger partial charge in [0.05, 0.1) is 23.3 Å². The minimum atomic E-state index is -3.47. The van der Waals surface area contributed by atoms with Crippen LogP contribution in [0.5, 0.6) is 5.75 Å². The van der Waals surface area contributed by atoms with Gasteiger partial charge in [0, 0.05) is 19.2 Å². The average Bonchev–Trinajstić information content (AvgIpc) is 2.61. The summed E-state index contributed by atoms with van der Waals surface area (Å²) < 4.78 is 29.9. The van der Waals surface area contributed by atoms with Crippen LogP contribution in [-0.2, 0) is 16.4 Å². The predicted octanol–water partition coefficient (Wildman–Crippen LogP) is 3.07. The van der Waals surface area contributed by atoms with Gasteiger partial charge in [0.2, 0.25) is 0 Å². The number of nitrogens with zero attached hydrogens (tertiary/aromatic N) is 1. The van der Waals surface area contributed by atoms with Crippen LogP contribution >= 0.6 is 0 Å². The quantitative estimate of drug-likeness (QED) is 0.793. The van der Waals surface area contributed by atoms with E-state index in [4.69, 9.17) is 4.74 Å². The molecule has 0 unspecified atom stereocenters. The lowest BCUT2D eigenvalue weighted by atomic mass is 10.1. The molecule has 0 radical (unpaired) electrons. The Kier molecular flexibility index (Phi) is 5.85. The van der Waals surface area contributed by atoms with E-state index in [-0.39, 0.29) is 22.1 Å². The molecule has 1 amide bonds. The van der Waals surface area contributed by atoms with Crippen molar-refractivity contribution in [2.45, 2.75) is 25.3 Å². The summed E-state index contributed by atoms with van der Waals surface area (Å²) >= 11 is 0. The maximum absolute atomic E-state index is 12.8. The van der Waals surface area contributed by atoms with Crippen molar-refractivity contribution >= 4 is 15.7 Å². The van der Waals surface area contributed by atoms with E-state index in [1.165, 1.54) is 11.0 Å². The van der Waals surface area contributed by atoms with Gasteiger partial charge in [-0.1, -0.05) is 36.8 Å². The van der Waals surface area contributed by atoms with Crippen LogP contribution in [0, 0.1) is 6.92 Å². The molecule has 0 aliphatic rings. The molecular formula is C19H23NO4S. The second-order valence-corrected chi connectivity index (χ2v) is 8.12. The Balaban J connectivity index is 2.35. The fraction of sp³-hybridized carbons (Fsp3) is 0.316. The predicted molar refractivity (Wildman–Crippen MR) is 97.7 cm³/mol. The molecule has 0 fully saturated rings. The van der Waals surface area contributed by atoms with Crippen LogP contribution in [0.15, 0.2) is 47.4 Å². The molecule has 0 N–H and O–H groups in total. The first-order chi connectivity index (χ1) is 11.8. The lowest BCUT2D eigenvalue weighted by Gasteiger charge is -2.20. The lowest BCUT2D eigenvalue weighted by Crippen LogP contribution is -2.28. The molecule has 0 aliphatic carbocycles. The lowest BCUT2D eigenvalue weighted by molar-refractivity contribution is 0.0780. The van der Waals surface area contributed by atoms with Crippen molar-refractivity contribution in [3.8, 4) is 5.75 Å². The van der Waals surface area contributed by atoms with Gasteiger partial charge in [-0.2, -0.15) is 0 Å². The van der Waals surface area contributed by atoms with E-state index in [2.05, 4.69) is 0 Å².